The predicted molar refractivity (Wildman–Crippen MR) is 70.3 cm³/mol. The Morgan fingerprint density at radius 2 is 2.21 bits per heavy atom. The van der Waals surface area contributed by atoms with Gasteiger partial charge in [0, 0.05) is 18.3 Å². The highest BCUT2D eigenvalue weighted by Crippen LogP contribution is 2.38. The summed E-state index contributed by atoms with van der Waals surface area (Å²) in [5.74, 6) is 0.736. The van der Waals surface area contributed by atoms with Crippen LogP contribution in [0.1, 0.15) is 33.4 Å². The summed E-state index contributed by atoms with van der Waals surface area (Å²) >= 11 is 0. The molecule has 5 heteroatoms. The highest BCUT2D eigenvalue weighted by molar-refractivity contribution is 5.98. The monoisotopic (exact) mass is 257 g/mol. The van der Waals surface area contributed by atoms with Gasteiger partial charge in [0.2, 0.25) is 0 Å². The summed E-state index contributed by atoms with van der Waals surface area (Å²) in [5.41, 5.74) is 3.44. The van der Waals surface area contributed by atoms with Crippen molar-refractivity contribution < 1.29 is 9.53 Å². The molecule has 1 aliphatic rings. The molecule has 0 spiro atoms. The van der Waals surface area contributed by atoms with Gasteiger partial charge in [0.15, 0.2) is 5.69 Å². The number of nitrogens with one attached hydrogen (secondary N) is 1. The summed E-state index contributed by atoms with van der Waals surface area (Å²) in [4.78, 5) is 13.9. The van der Waals surface area contributed by atoms with Crippen LogP contribution >= 0.6 is 0 Å². The van der Waals surface area contributed by atoms with Crippen LogP contribution in [0, 0.1) is 6.92 Å². The summed E-state index contributed by atoms with van der Waals surface area (Å²) in [7, 11) is 3.44. The molecule has 1 aromatic carbocycles. The maximum absolute atomic E-state index is 12.2. The summed E-state index contributed by atoms with van der Waals surface area (Å²) < 4.78 is 5.25. The molecule has 0 saturated heterocycles. The van der Waals surface area contributed by atoms with Gasteiger partial charge in [0.25, 0.3) is 5.91 Å². The lowest BCUT2D eigenvalue weighted by Gasteiger charge is -2.22. The van der Waals surface area contributed by atoms with Crippen LogP contribution < -0.4 is 4.74 Å². The SMILES string of the molecule is COc1cccc([C@@H]2c3c(n[nH]c3C)C(=O)N2C)c1. The second-order valence-corrected chi connectivity index (χ2v) is 4.71. The van der Waals surface area contributed by atoms with Gasteiger partial charge in [0.05, 0.1) is 13.2 Å². The molecule has 1 N–H and O–H groups in total. The number of aromatic amines is 1. The van der Waals surface area contributed by atoms with Gasteiger partial charge in [-0.3, -0.25) is 9.89 Å². The molecule has 1 aliphatic heterocycles. The fourth-order valence-electron chi connectivity index (χ4n) is 2.62. The Balaban J connectivity index is 2.14. The standard InChI is InChI=1S/C14H15N3O2/c1-8-11-12(16-15-8)14(18)17(2)13(11)9-5-4-6-10(7-9)19-3/h4-7,13H,1-3H3,(H,15,16)/t13-/m1/s1. The van der Waals surface area contributed by atoms with Gasteiger partial charge < -0.3 is 9.64 Å². The number of rotatable bonds is 2. The first-order valence-corrected chi connectivity index (χ1v) is 6.09. The van der Waals surface area contributed by atoms with Gasteiger partial charge in [-0.25, -0.2) is 0 Å². The van der Waals surface area contributed by atoms with E-state index in [0.29, 0.717) is 5.69 Å². The first-order valence-electron chi connectivity index (χ1n) is 6.09. The minimum Gasteiger partial charge on any atom is -0.497 e. The van der Waals surface area contributed by atoms with Crippen molar-refractivity contribution >= 4 is 5.91 Å². The molecule has 5 nitrogen and oxygen atoms in total. The average molecular weight is 257 g/mol. The molecule has 19 heavy (non-hydrogen) atoms. The average Bonchev–Trinajstić information content (AvgIpc) is 2.91. The Hall–Kier alpha value is -2.30. The molecule has 1 atom stereocenters. The summed E-state index contributed by atoms with van der Waals surface area (Å²) in [6.45, 7) is 1.94. The first-order chi connectivity index (χ1) is 9.13. The zero-order valence-electron chi connectivity index (χ0n) is 11.1. The lowest BCUT2D eigenvalue weighted by atomic mass is 9.99. The first kappa shape index (κ1) is 11.8. The lowest BCUT2D eigenvalue weighted by Crippen LogP contribution is -2.24. The van der Waals surface area contributed by atoms with Crippen molar-refractivity contribution in [1.29, 1.82) is 0 Å². The fraction of sp³-hybridized carbons (Fsp3) is 0.286. The molecule has 0 bridgehead atoms. The van der Waals surface area contributed by atoms with Gasteiger partial charge in [-0.05, 0) is 24.6 Å². The molecule has 3 rings (SSSR count). The van der Waals surface area contributed by atoms with Crippen molar-refractivity contribution in [2.45, 2.75) is 13.0 Å². The Labute approximate surface area is 111 Å². The van der Waals surface area contributed by atoms with Crippen LogP contribution in [0.4, 0.5) is 0 Å². The zero-order chi connectivity index (χ0) is 13.6. The maximum Gasteiger partial charge on any atom is 0.275 e. The van der Waals surface area contributed by atoms with Gasteiger partial charge in [-0.1, -0.05) is 12.1 Å². The van der Waals surface area contributed by atoms with E-state index in [1.165, 1.54) is 0 Å². The van der Waals surface area contributed by atoms with Crippen LogP contribution in [-0.2, 0) is 0 Å². The Morgan fingerprint density at radius 1 is 1.42 bits per heavy atom. The molecule has 2 heterocycles. The third-order valence-electron chi connectivity index (χ3n) is 3.59. The summed E-state index contributed by atoms with van der Waals surface area (Å²) in [5, 5.41) is 6.99. The summed E-state index contributed by atoms with van der Waals surface area (Å²) in [6.07, 6.45) is 0. The van der Waals surface area contributed by atoms with E-state index in [9.17, 15) is 4.79 Å². The molecular weight excluding hydrogens is 242 g/mol. The molecule has 1 amide bonds. The van der Waals surface area contributed by atoms with Crippen molar-refractivity contribution in [2.24, 2.45) is 0 Å². The molecule has 0 radical (unpaired) electrons. The second-order valence-electron chi connectivity index (χ2n) is 4.71. The second kappa shape index (κ2) is 4.12. The van der Waals surface area contributed by atoms with E-state index in [4.69, 9.17) is 4.74 Å². The molecule has 98 valence electrons. The third kappa shape index (κ3) is 1.62. The van der Waals surface area contributed by atoms with Crippen LogP contribution in [0.5, 0.6) is 5.75 Å². The number of hydrogen-bond acceptors (Lipinski definition) is 3. The van der Waals surface area contributed by atoms with Gasteiger partial charge in [0.1, 0.15) is 5.75 Å². The zero-order valence-corrected chi connectivity index (χ0v) is 11.1. The predicted octanol–water partition coefficient (Wildman–Crippen LogP) is 1.90. The molecule has 0 unspecified atom stereocenters. The smallest absolute Gasteiger partial charge is 0.275 e. The number of nitrogens with zero attached hydrogens (tertiary/aromatic N) is 2. The number of H-pyrrole nitrogens is 1. The van der Waals surface area contributed by atoms with Crippen LogP contribution in [0.25, 0.3) is 0 Å². The van der Waals surface area contributed by atoms with Crippen LogP contribution in [-0.4, -0.2) is 35.2 Å². The molecule has 0 aliphatic carbocycles. The van der Waals surface area contributed by atoms with Gasteiger partial charge >= 0.3 is 0 Å². The number of ether oxygens (including phenoxy) is 1. The highest BCUT2D eigenvalue weighted by atomic mass is 16.5. The van der Waals surface area contributed by atoms with E-state index < -0.39 is 0 Å². The van der Waals surface area contributed by atoms with Gasteiger partial charge in [-0.2, -0.15) is 5.10 Å². The number of hydrogen-bond donors (Lipinski definition) is 1. The lowest BCUT2D eigenvalue weighted by molar-refractivity contribution is 0.0787. The third-order valence-corrected chi connectivity index (χ3v) is 3.59. The van der Waals surface area contributed by atoms with Gasteiger partial charge in [-0.15, -0.1) is 0 Å². The number of benzene rings is 1. The van der Waals surface area contributed by atoms with E-state index in [-0.39, 0.29) is 11.9 Å². The minimum absolute atomic E-state index is 0.0489. The molecule has 2 aromatic rings. The minimum atomic E-state index is -0.101. The van der Waals surface area contributed by atoms with E-state index >= 15 is 0 Å². The molecule has 1 aromatic heterocycles. The Morgan fingerprint density at radius 3 is 2.95 bits per heavy atom. The number of amides is 1. The van der Waals surface area contributed by atoms with E-state index in [0.717, 1.165) is 22.6 Å². The Kier molecular flexibility index (Phi) is 2.55. The highest BCUT2D eigenvalue weighted by Gasteiger charge is 2.39. The molecular formula is C14H15N3O2. The summed E-state index contributed by atoms with van der Waals surface area (Å²) in [6, 6.07) is 7.67. The quantitative estimate of drug-likeness (QED) is 0.894. The number of methoxy groups -OCH3 is 1. The Bertz CT molecular complexity index is 648. The number of fused-ring (bicyclic) bond motifs is 1. The number of aryl methyl sites for hydroxylation is 1. The normalized spacial score (nSPS) is 17.7. The number of aromatic nitrogens is 2. The topological polar surface area (TPSA) is 58.2 Å². The molecule has 0 fully saturated rings. The van der Waals surface area contributed by atoms with Crippen molar-refractivity contribution in [2.75, 3.05) is 14.2 Å². The van der Waals surface area contributed by atoms with Crippen LogP contribution in [0.3, 0.4) is 0 Å². The largest absolute Gasteiger partial charge is 0.497 e. The molecule has 0 saturated carbocycles. The fourth-order valence-corrected chi connectivity index (χ4v) is 2.62. The van der Waals surface area contributed by atoms with Crippen molar-refractivity contribution in [3.63, 3.8) is 0 Å². The van der Waals surface area contributed by atoms with Crippen molar-refractivity contribution in [3.05, 3.63) is 46.8 Å². The van der Waals surface area contributed by atoms with Crippen LogP contribution in [0.15, 0.2) is 24.3 Å². The number of carbonyl (C=O) groups is 1. The van der Waals surface area contributed by atoms with Crippen molar-refractivity contribution in [3.8, 4) is 5.75 Å². The van der Waals surface area contributed by atoms with Crippen LogP contribution in [0.2, 0.25) is 0 Å². The van der Waals surface area contributed by atoms with E-state index in [1.54, 1.807) is 19.1 Å². The van der Waals surface area contributed by atoms with Crippen molar-refractivity contribution in [1.82, 2.24) is 15.1 Å². The number of carbonyl (C=O) groups excluding carboxylic acids is 1. The van der Waals surface area contributed by atoms with E-state index in [1.807, 2.05) is 31.2 Å². The van der Waals surface area contributed by atoms with E-state index in [2.05, 4.69) is 10.2 Å². The maximum atomic E-state index is 12.2.